The number of carbonyl (C=O) groups excluding carboxylic acids is 1. The average Bonchev–Trinajstić information content (AvgIpc) is 3.49. The summed E-state index contributed by atoms with van der Waals surface area (Å²) in [4.78, 5) is 12.8. The first-order valence-electron chi connectivity index (χ1n) is 9.27. The molecular weight excluding hydrogens is 345 g/mol. The highest BCUT2D eigenvalue weighted by molar-refractivity contribution is 5.96. The number of carbonyl (C=O) groups is 1. The van der Waals surface area contributed by atoms with Gasteiger partial charge in [-0.3, -0.25) is 4.79 Å². The van der Waals surface area contributed by atoms with Gasteiger partial charge in [0.2, 0.25) is 0 Å². The van der Waals surface area contributed by atoms with Crippen LogP contribution in [-0.4, -0.2) is 37.2 Å². The molecule has 0 aromatic heterocycles. The van der Waals surface area contributed by atoms with Crippen LogP contribution in [0.15, 0.2) is 18.2 Å². The van der Waals surface area contributed by atoms with Crippen LogP contribution < -0.4 is 10.6 Å². The first kappa shape index (κ1) is 17.8. The maximum Gasteiger partial charge on any atom is 0.416 e. The lowest BCUT2D eigenvalue weighted by Crippen LogP contribution is -2.55. The molecule has 2 unspecified atom stereocenters. The Hall–Kier alpha value is -1.60. The SMILES string of the molecule is O=C(NC1COCCC1NC1CC1)c1ccc(C(F)(F)F)cc1C1CC1. The van der Waals surface area contributed by atoms with E-state index in [0.717, 1.165) is 44.2 Å². The fourth-order valence-electron chi connectivity index (χ4n) is 3.56. The molecule has 4 rings (SSSR count). The van der Waals surface area contributed by atoms with Gasteiger partial charge in [-0.15, -0.1) is 0 Å². The summed E-state index contributed by atoms with van der Waals surface area (Å²) in [5, 5.41) is 6.53. The van der Waals surface area contributed by atoms with Gasteiger partial charge in [-0.1, -0.05) is 0 Å². The highest BCUT2D eigenvalue weighted by Crippen LogP contribution is 2.43. The molecule has 2 saturated carbocycles. The second-order valence-electron chi connectivity index (χ2n) is 7.57. The lowest BCUT2D eigenvalue weighted by molar-refractivity contribution is -0.137. The van der Waals surface area contributed by atoms with E-state index in [1.54, 1.807) is 0 Å². The van der Waals surface area contributed by atoms with Crippen LogP contribution in [0.4, 0.5) is 13.2 Å². The number of hydrogen-bond acceptors (Lipinski definition) is 3. The molecule has 0 spiro atoms. The molecule has 1 aromatic rings. The minimum atomic E-state index is -4.39. The molecule has 1 saturated heterocycles. The number of rotatable bonds is 5. The topological polar surface area (TPSA) is 50.4 Å². The maximum atomic E-state index is 13.0. The first-order valence-corrected chi connectivity index (χ1v) is 9.27. The number of halogens is 3. The van der Waals surface area contributed by atoms with Crippen LogP contribution in [0.5, 0.6) is 0 Å². The van der Waals surface area contributed by atoms with Gasteiger partial charge in [-0.25, -0.2) is 0 Å². The highest BCUT2D eigenvalue weighted by atomic mass is 19.4. The number of nitrogens with one attached hydrogen (secondary N) is 2. The van der Waals surface area contributed by atoms with Crippen LogP contribution >= 0.6 is 0 Å². The van der Waals surface area contributed by atoms with E-state index in [0.29, 0.717) is 30.4 Å². The molecule has 4 nitrogen and oxygen atoms in total. The lowest BCUT2D eigenvalue weighted by Gasteiger charge is -2.33. The van der Waals surface area contributed by atoms with E-state index >= 15 is 0 Å². The van der Waals surface area contributed by atoms with Gasteiger partial charge in [0.25, 0.3) is 5.91 Å². The summed E-state index contributed by atoms with van der Waals surface area (Å²) in [7, 11) is 0. The second-order valence-corrected chi connectivity index (χ2v) is 7.57. The van der Waals surface area contributed by atoms with Crippen LogP contribution in [0.3, 0.4) is 0 Å². The Morgan fingerprint density at radius 3 is 2.50 bits per heavy atom. The summed E-state index contributed by atoms with van der Waals surface area (Å²) in [5.41, 5.74) is 0.183. The van der Waals surface area contributed by atoms with Crippen LogP contribution in [0.25, 0.3) is 0 Å². The van der Waals surface area contributed by atoms with Gasteiger partial charge < -0.3 is 15.4 Å². The Morgan fingerprint density at radius 2 is 1.85 bits per heavy atom. The van der Waals surface area contributed by atoms with Crippen molar-refractivity contribution in [3.63, 3.8) is 0 Å². The Bertz CT molecular complexity index is 684. The van der Waals surface area contributed by atoms with Crippen molar-refractivity contribution >= 4 is 5.91 Å². The number of amides is 1. The number of ether oxygens (including phenoxy) is 1. The van der Waals surface area contributed by atoms with Crippen molar-refractivity contribution in [1.29, 1.82) is 0 Å². The number of benzene rings is 1. The molecule has 0 radical (unpaired) electrons. The molecule has 2 atom stereocenters. The Labute approximate surface area is 150 Å². The summed E-state index contributed by atoms with van der Waals surface area (Å²) in [6.07, 6.45) is 0.407. The fourth-order valence-corrected chi connectivity index (χ4v) is 3.56. The van der Waals surface area contributed by atoms with Gasteiger partial charge in [0.15, 0.2) is 0 Å². The largest absolute Gasteiger partial charge is 0.416 e. The number of hydrogen-bond donors (Lipinski definition) is 2. The van der Waals surface area contributed by atoms with Crippen LogP contribution in [0.2, 0.25) is 0 Å². The number of alkyl halides is 3. The monoisotopic (exact) mass is 368 g/mol. The van der Waals surface area contributed by atoms with E-state index in [-0.39, 0.29) is 23.9 Å². The third-order valence-corrected chi connectivity index (χ3v) is 5.34. The van der Waals surface area contributed by atoms with Gasteiger partial charge >= 0.3 is 6.18 Å². The lowest BCUT2D eigenvalue weighted by atomic mass is 9.97. The molecule has 3 fully saturated rings. The molecule has 1 heterocycles. The van der Waals surface area contributed by atoms with Crippen LogP contribution in [0.1, 0.15) is 59.5 Å². The van der Waals surface area contributed by atoms with E-state index in [9.17, 15) is 18.0 Å². The van der Waals surface area contributed by atoms with Gasteiger partial charge in [0, 0.05) is 24.3 Å². The molecule has 2 aliphatic carbocycles. The third kappa shape index (κ3) is 4.04. The van der Waals surface area contributed by atoms with Gasteiger partial charge in [0.05, 0.1) is 18.2 Å². The minimum absolute atomic E-state index is 0.0565. The molecular formula is C19H23F3N2O2. The smallest absolute Gasteiger partial charge is 0.379 e. The average molecular weight is 368 g/mol. The Morgan fingerprint density at radius 1 is 1.08 bits per heavy atom. The van der Waals surface area contributed by atoms with Crippen molar-refractivity contribution in [1.82, 2.24) is 10.6 Å². The maximum absolute atomic E-state index is 13.0. The molecule has 3 aliphatic rings. The molecule has 2 N–H and O–H groups in total. The molecule has 1 aromatic carbocycles. The van der Waals surface area contributed by atoms with Crippen molar-refractivity contribution in [3.8, 4) is 0 Å². The van der Waals surface area contributed by atoms with Gasteiger partial charge in [-0.2, -0.15) is 13.2 Å². The molecule has 7 heteroatoms. The van der Waals surface area contributed by atoms with Gasteiger partial charge in [-0.05, 0) is 61.8 Å². The Balaban J connectivity index is 1.51. The van der Waals surface area contributed by atoms with Crippen LogP contribution in [0, 0.1) is 0 Å². The van der Waals surface area contributed by atoms with Crippen molar-refractivity contribution < 1.29 is 22.7 Å². The predicted octanol–water partition coefficient (Wildman–Crippen LogP) is 3.22. The Kier molecular flexibility index (Phi) is 4.69. The zero-order valence-corrected chi connectivity index (χ0v) is 14.4. The van der Waals surface area contributed by atoms with Crippen molar-refractivity contribution in [2.45, 2.75) is 62.3 Å². The third-order valence-electron chi connectivity index (χ3n) is 5.34. The van der Waals surface area contributed by atoms with E-state index in [4.69, 9.17) is 4.74 Å². The van der Waals surface area contributed by atoms with E-state index in [2.05, 4.69) is 10.6 Å². The van der Waals surface area contributed by atoms with Crippen molar-refractivity contribution in [2.24, 2.45) is 0 Å². The molecule has 0 bridgehead atoms. The zero-order chi connectivity index (χ0) is 18.3. The summed E-state index contributed by atoms with van der Waals surface area (Å²) >= 11 is 0. The molecule has 1 aliphatic heterocycles. The minimum Gasteiger partial charge on any atom is -0.379 e. The van der Waals surface area contributed by atoms with Gasteiger partial charge in [0.1, 0.15) is 0 Å². The summed E-state index contributed by atoms with van der Waals surface area (Å²) in [5.74, 6) is -0.250. The summed E-state index contributed by atoms with van der Waals surface area (Å²) in [6.45, 7) is 1.08. The summed E-state index contributed by atoms with van der Waals surface area (Å²) < 4.78 is 44.5. The van der Waals surface area contributed by atoms with Crippen molar-refractivity contribution in [2.75, 3.05) is 13.2 Å². The summed E-state index contributed by atoms with van der Waals surface area (Å²) in [6, 6.07) is 3.97. The van der Waals surface area contributed by atoms with E-state index < -0.39 is 11.7 Å². The highest BCUT2D eigenvalue weighted by Gasteiger charge is 2.36. The zero-order valence-electron chi connectivity index (χ0n) is 14.4. The predicted molar refractivity (Wildman–Crippen MR) is 90.1 cm³/mol. The molecule has 142 valence electrons. The quantitative estimate of drug-likeness (QED) is 0.839. The second kappa shape index (κ2) is 6.85. The molecule has 26 heavy (non-hydrogen) atoms. The van der Waals surface area contributed by atoms with Crippen LogP contribution in [-0.2, 0) is 10.9 Å². The molecule has 1 amide bonds. The fraction of sp³-hybridized carbons (Fsp3) is 0.632. The van der Waals surface area contributed by atoms with E-state index in [1.807, 2.05) is 0 Å². The standard InChI is InChI=1S/C19H23F3N2O2/c20-19(21,22)12-3-6-14(15(9-12)11-1-2-11)18(25)24-17-10-26-8-7-16(17)23-13-4-5-13/h3,6,9,11,13,16-17,23H,1-2,4-5,7-8,10H2,(H,24,25). The van der Waals surface area contributed by atoms with Crippen molar-refractivity contribution in [3.05, 3.63) is 34.9 Å². The first-order chi connectivity index (χ1) is 12.4. The normalized spacial score (nSPS) is 26.6. The van der Waals surface area contributed by atoms with E-state index in [1.165, 1.54) is 6.07 Å².